The summed E-state index contributed by atoms with van der Waals surface area (Å²) >= 11 is 0. The highest BCUT2D eigenvalue weighted by Crippen LogP contribution is 2.34. The van der Waals surface area contributed by atoms with E-state index in [9.17, 15) is 13.2 Å². The van der Waals surface area contributed by atoms with Crippen LogP contribution in [0.4, 0.5) is 18.9 Å². The van der Waals surface area contributed by atoms with Gasteiger partial charge in [0.15, 0.2) is 0 Å². The lowest BCUT2D eigenvalue weighted by Crippen LogP contribution is -2.34. The fourth-order valence-electron chi connectivity index (χ4n) is 2.03. The van der Waals surface area contributed by atoms with Crippen LogP contribution in [0.3, 0.4) is 0 Å². The lowest BCUT2D eigenvalue weighted by atomic mass is 9.84. The van der Waals surface area contributed by atoms with Gasteiger partial charge in [0.05, 0.1) is 17.2 Å². The number of halogens is 3. The van der Waals surface area contributed by atoms with Crippen LogP contribution in [-0.4, -0.2) is 17.8 Å². The Bertz CT molecular complexity index is 527. The van der Waals surface area contributed by atoms with E-state index >= 15 is 0 Å². The van der Waals surface area contributed by atoms with Gasteiger partial charge in [0, 0.05) is 18.3 Å². The van der Waals surface area contributed by atoms with Crippen LogP contribution >= 0.6 is 0 Å². The van der Waals surface area contributed by atoms with E-state index in [-0.39, 0.29) is 18.1 Å². The highest BCUT2D eigenvalue weighted by Gasteiger charge is 2.33. The van der Waals surface area contributed by atoms with E-state index in [1.807, 2.05) is 20.8 Å². The molecule has 0 aliphatic heterocycles. The maximum absolute atomic E-state index is 12.7. The second-order valence-corrected chi connectivity index (χ2v) is 5.95. The molecule has 1 atom stereocenters. The third-order valence-electron chi connectivity index (χ3n) is 3.25. The summed E-state index contributed by atoms with van der Waals surface area (Å²) in [7, 11) is 0. The van der Waals surface area contributed by atoms with E-state index in [0.717, 1.165) is 6.07 Å². The zero-order valence-corrected chi connectivity index (χ0v) is 12.3. The Morgan fingerprint density at radius 3 is 2.33 bits per heavy atom. The maximum Gasteiger partial charge on any atom is 0.417 e. The molecule has 0 radical (unpaired) electrons. The van der Waals surface area contributed by atoms with E-state index in [4.69, 9.17) is 10.4 Å². The van der Waals surface area contributed by atoms with Crippen LogP contribution in [0.2, 0.25) is 0 Å². The first-order valence-corrected chi connectivity index (χ1v) is 6.58. The van der Waals surface area contributed by atoms with Crippen LogP contribution in [-0.2, 0) is 6.18 Å². The van der Waals surface area contributed by atoms with Gasteiger partial charge >= 0.3 is 6.18 Å². The molecule has 1 rings (SSSR count). The maximum atomic E-state index is 12.7. The van der Waals surface area contributed by atoms with Crippen molar-refractivity contribution >= 4 is 5.69 Å². The van der Waals surface area contributed by atoms with Gasteiger partial charge in [-0.05, 0) is 30.0 Å². The van der Waals surface area contributed by atoms with Crippen molar-refractivity contribution in [2.75, 3.05) is 11.9 Å². The summed E-state index contributed by atoms with van der Waals surface area (Å²) in [6, 6.07) is 4.86. The summed E-state index contributed by atoms with van der Waals surface area (Å²) in [4.78, 5) is 0. The van der Waals surface area contributed by atoms with E-state index in [2.05, 4.69) is 5.32 Å². The lowest BCUT2D eigenvalue weighted by molar-refractivity contribution is -0.137. The molecule has 116 valence electrons. The monoisotopic (exact) mass is 300 g/mol. The summed E-state index contributed by atoms with van der Waals surface area (Å²) in [5.74, 6) is 0. The number of hydrogen-bond acceptors (Lipinski definition) is 3. The largest absolute Gasteiger partial charge is 0.417 e. The Morgan fingerprint density at radius 1 is 1.29 bits per heavy atom. The van der Waals surface area contributed by atoms with Crippen molar-refractivity contribution in [1.29, 1.82) is 5.26 Å². The Kier molecular flexibility index (Phi) is 5.24. The molecular formula is C15H19F3N2O. The van der Waals surface area contributed by atoms with E-state index in [1.54, 1.807) is 6.07 Å². The molecule has 3 nitrogen and oxygen atoms in total. The number of aliphatic hydroxyl groups excluding tert-OH is 1. The van der Waals surface area contributed by atoms with Crippen molar-refractivity contribution in [1.82, 2.24) is 0 Å². The molecular weight excluding hydrogens is 281 g/mol. The summed E-state index contributed by atoms with van der Waals surface area (Å²) in [5.41, 5.74) is -1.10. The molecule has 0 aliphatic carbocycles. The number of nitrogens with zero attached hydrogens (tertiary/aromatic N) is 1. The predicted molar refractivity (Wildman–Crippen MR) is 74.7 cm³/mol. The zero-order chi connectivity index (χ0) is 16.3. The van der Waals surface area contributed by atoms with Gasteiger partial charge in [0.1, 0.15) is 0 Å². The van der Waals surface area contributed by atoms with Gasteiger partial charge in [0.25, 0.3) is 0 Å². The summed E-state index contributed by atoms with van der Waals surface area (Å²) in [6.07, 6.45) is -4.08. The molecule has 0 fully saturated rings. The molecule has 1 aromatic rings. The Hall–Kier alpha value is -1.74. The first-order chi connectivity index (χ1) is 9.59. The predicted octanol–water partition coefficient (Wildman–Crippen LogP) is 3.79. The van der Waals surface area contributed by atoms with Gasteiger partial charge in [-0.3, -0.25) is 0 Å². The molecule has 21 heavy (non-hydrogen) atoms. The van der Waals surface area contributed by atoms with E-state index in [1.165, 1.54) is 12.1 Å². The van der Waals surface area contributed by atoms with Crippen LogP contribution in [0.1, 0.15) is 38.3 Å². The molecule has 2 N–H and O–H groups in total. The number of nitrogens with one attached hydrogen (secondary N) is 1. The topological polar surface area (TPSA) is 56.0 Å². The normalized spacial score (nSPS) is 13.6. The second-order valence-electron chi connectivity index (χ2n) is 5.95. The number of hydrogen-bond donors (Lipinski definition) is 2. The fraction of sp³-hybridized carbons (Fsp3) is 0.533. The van der Waals surface area contributed by atoms with E-state index < -0.39 is 17.3 Å². The van der Waals surface area contributed by atoms with Crippen LogP contribution in [0, 0.1) is 16.7 Å². The van der Waals surface area contributed by atoms with Crippen molar-refractivity contribution in [3.8, 4) is 6.07 Å². The number of benzene rings is 1. The molecule has 0 saturated carbocycles. The number of rotatable bonds is 4. The molecule has 0 heterocycles. The Morgan fingerprint density at radius 2 is 1.90 bits per heavy atom. The standard InChI is InChI=1S/C15H19F3N2O/c1-14(2,3)13(6-7-21)20-11-4-5-12(15(16,17)18)10(8-11)9-19/h4-5,8,13,20-21H,6-7H2,1-3H3. The molecule has 6 heteroatoms. The molecule has 0 aliphatic rings. The quantitative estimate of drug-likeness (QED) is 0.889. The Labute approximate surface area is 122 Å². The molecule has 0 spiro atoms. The molecule has 1 unspecified atom stereocenters. The van der Waals surface area contributed by atoms with Crippen molar-refractivity contribution in [2.24, 2.45) is 5.41 Å². The highest BCUT2D eigenvalue weighted by atomic mass is 19.4. The third-order valence-corrected chi connectivity index (χ3v) is 3.25. The minimum Gasteiger partial charge on any atom is -0.396 e. The van der Waals surface area contributed by atoms with Gasteiger partial charge in [-0.25, -0.2) is 0 Å². The Balaban J connectivity index is 3.08. The van der Waals surface area contributed by atoms with Crippen LogP contribution in [0.5, 0.6) is 0 Å². The smallest absolute Gasteiger partial charge is 0.396 e. The van der Waals surface area contributed by atoms with Crippen molar-refractivity contribution in [3.05, 3.63) is 29.3 Å². The van der Waals surface area contributed by atoms with Gasteiger partial charge in [-0.2, -0.15) is 18.4 Å². The van der Waals surface area contributed by atoms with E-state index in [0.29, 0.717) is 12.1 Å². The van der Waals surface area contributed by atoms with Gasteiger partial charge in [0.2, 0.25) is 0 Å². The average molecular weight is 300 g/mol. The number of anilines is 1. The second kappa shape index (κ2) is 6.35. The van der Waals surface area contributed by atoms with Gasteiger partial charge in [-0.15, -0.1) is 0 Å². The molecule has 0 saturated heterocycles. The van der Waals surface area contributed by atoms with Gasteiger partial charge in [-0.1, -0.05) is 20.8 Å². The first-order valence-electron chi connectivity index (χ1n) is 6.58. The third kappa shape index (κ3) is 4.64. The summed E-state index contributed by atoms with van der Waals surface area (Å²) in [5, 5.41) is 21.1. The number of alkyl halides is 3. The zero-order valence-electron chi connectivity index (χ0n) is 12.3. The summed E-state index contributed by atoms with van der Waals surface area (Å²) < 4.78 is 38.2. The first kappa shape index (κ1) is 17.3. The van der Waals surface area contributed by atoms with Crippen molar-refractivity contribution in [2.45, 2.75) is 39.4 Å². The average Bonchev–Trinajstić information content (AvgIpc) is 2.35. The molecule has 0 amide bonds. The van der Waals surface area contributed by atoms with Crippen LogP contribution in [0.25, 0.3) is 0 Å². The highest BCUT2D eigenvalue weighted by molar-refractivity contribution is 5.54. The number of aliphatic hydroxyl groups is 1. The minimum atomic E-state index is -4.54. The summed E-state index contributed by atoms with van der Waals surface area (Å²) in [6.45, 7) is 5.88. The van der Waals surface area contributed by atoms with Crippen molar-refractivity contribution in [3.63, 3.8) is 0 Å². The fourth-order valence-corrected chi connectivity index (χ4v) is 2.03. The molecule has 1 aromatic carbocycles. The van der Waals surface area contributed by atoms with Crippen molar-refractivity contribution < 1.29 is 18.3 Å². The lowest BCUT2D eigenvalue weighted by Gasteiger charge is -2.32. The SMILES string of the molecule is CC(C)(C)C(CCO)Nc1ccc(C(F)(F)F)c(C#N)c1. The van der Waals surface area contributed by atoms with Gasteiger partial charge < -0.3 is 10.4 Å². The number of nitriles is 1. The van der Waals surface area contributed by atoms with Crippen LogP contribution < -0.4 is 5.32 Å². The van der Waals surface area contributed by atoms with Crippen LogP contribution in [0.15, 0.2) is 18.2 Å². The molecule has 0 bridgehead atoms. The minimum absolute atomic E-state index is 0.0271. The molecule has 0 aromatic heterocycles.